The zero-order valence-electron chi connectivity index (χ0n) is 14.8. The number of amides is 2. The summed E-state index contributed by atoms with van der Waals surface area (Å²) >= 11 is 7.07. The second-order valence-corrected chi connectivity index (χ2v) is 7.37. The summed E-state index contributed by atoms with van der Waals surface area (Å²) in [5.74, 6) is 1.34. The number of thioether (sulfide) groups is 1. The Balaban J connectivity index is 1.38. The molecule has 1 saturated carbocycles. The fourth-order valence-corrected chi connectivity index (χ4v) is 3.30. The van der Waals surface area contributed by atoms with Crippen LogP contribution in [0.15, 0.2) is 29.4 Å². The number of nitrogens with one attached hydrogen (secondary N) is 2. The van der Waals surface area contributed by atoms with Gasteiger partial charge in [0.15, 0.2) is 11.8 Å². The zero-order chi connectivity index (χ0) is 19.2. The number of halogens is 1. The molecule has 0 atom stereocenters. The van der Waals surface area contributed by atoms with Gasteiger partial charge in [0.2, 0.25) is 5.91 Å². The molecule has 0 spiro atoms. The maximum Gasteiger partial charge on any atom is 0.276 e. The Hall–Kier alpha value is -2.26. The van der Waals surface area contributed by atoms with Crippen LogP contribution in [-0.2, 0) is 16.1 Å². The van der Waals surface area contributed by atoms with E-state index in [1.54, 1.807) is 24.3 Å². The standard InChI is InChI=1S/C17H20ClN5O3S/c1-2-23-16(11-3-4-11)21-22-17(23)27-10-15(25)20-19-14(24)9-26-13-7-5-12(18)6-8-13/h5-8,11H,2-4,9-10H2,1H3,(H,19,24)(H,20,25). The smallest absolute Gasteiger partial charge is 0.276 e. The van der Waals surface area contributed by atoms with E-state index in [2.05, 4.69) is 21.0 Å². The minimum atomic E-state index is -0.462. The van der Waals surface area contributed by atoms with Crippen LogP contribution in [0, 0.1) is 0 Å². The number of rotatable bonds is 8. The molecule has 1 aromatic heterocycles. The van der Waals surface area contributed by atoms with Gasteiger partial charge in [0.05, 0.1) is 5.75 Å². The highest BCUT2D eigenvalue weighted by atomic mass is 35.5. The molecule has 0 bridgehead atoms. The number of carbonyl (C=O) groups excluding carboxylic acids is 2. The molecular weight excluding hydrogens is 390 g/mol. The summed E-state index contributed by atoms with van der Waals surface area (Å²) in [6.45, 7) is 2.58. The molecular formula is C17H20ClN5O3S. The molecule has 27 heavy (non-hydrogen) atoms. The molecule has 1 aromatic carbocycles. The molecule has 2 aromatic rings. The summed E-state index contributed by atoms with van der Waals surface area (Å²) in [5.41, 5.74) is 4.68. The van der Waals surface area contributed by atoms with E-state index in [9.17, 15) is 9.59 Å². The van der Waals surface area contributed by atoms with Crippen molar-refractivity contribution in [2.75, 3.05) is 12.4 Å². The zero-order valence-corrected chi connectivity index (χ0v) is 16.3. The van der Waals surface area contributed by atoms with Crippen molar-refractivity contribution in [2.24, 2.45) is 0 Å². The third-order valence-corrected chi connectivity index (χ3v) is 5.08. The molecule has 2 N–H and O–H groups in total. The molecule has 1 heterocycles. The Morgan fingerprint density at radius 2 is 1.93 bits per heavy atom. The molecule has 2 amide bonds. The number of benzene rings is 1. The maximum absolute atomic E-state index is 11.9. The molecule has 0 aliphatic heterocycles. The molecule has 1 fully saturated rings. The van der Waals surface area contributed by atoms with E-state index in [0.717, 1.165) is 25.2 Å². The largest absolute Gasteiger partial charge is 0.484 e. The van der Waals surface area contributed by atoms with Crippen molar-refractivity contribution in [1.82, 2.24) is 25.6 Å². The fraction of sp³-hybridized carbons (Fsp3) is 0.412. The molecule has 1 aliphatic rings. The summed E-state index contributed by atoms with van der Waals surface area (Å²) in [6.07, 6.45) is 2.29. The first kappa shape index (κ1) is 19.5. The number of hydrogen-bond donors (Lipinski definition) is 2. The van der Waals surface area contributed by atoms with Crippen molar-refractivity contribution in [2.45, 2.75) is 37.4 Å². The first-order chi connectivity index (χ1) is 13.1. The van der Waals surface area contributed by atoms with Crippen molar-refractivity contribution >= 4 is 35.2 Å². The Morgan fingerprint density at radius 1 is 1.22 bits per heavy atom. The Morgan fingerprint density at radius 3 is 2.59 bits per heavy atom. The summed E-state index contributed by atoms with van der Waals surface area (Å²) in [5, 5.41) is 9.69. The average molecular weight is 410 g/mol. The van der Waals surface area contributed by atoms with Crippen LogP contribution in [-0.4, -0.2) is 38.9 Å². The maximum atomic E-state index is 11.9. The Bertz CT molecular complexity index is 807. The summed E-state index contributed by atoms with van der Waals surface area (Å²) < 4.78 is 7.33. The highest BCUT2D eigenvalue weighted by molar-refractivity contribution is 7.99. The lowest BCUT2D eigenvalue weighted by atomic mass is 10.3. The van der Waals surface area contributed by atoms with Crippen LogP contribution < -0.4 is 15.6 Å². The van der Waals surface area contributed by atoms with Crippen LogP contribution in [0.5, 0.6) is 5.75 Å². The lowest BCUT2D eigenvalue weighted by Crippen LogP contribution is -2.44. The third kappa shape index (κ3) is 5.61. The predicted molar refractivity (Wildman–Crippen MR) is 102 cm³/mol. The van der Waals surface area contributed by atoms with Crippen LogP contribution in [0.2, 0.25) is 5.02 Å². The van der Waals surface area contributed by atoms with Crippen molar-refractivity contribution in [1.29, 1.82) is 0 Å². The third-order valence-electron chi connectivity index (χ3n) is 3.86. The van der Waals surface area contributed by atoms with E-state index < -0.39 is 5.91 Å². The highest BCUT2D eigenvalue weighted by Crippen LogP contribution is 2.39. The lowest BCUT2D eigenvalue weighted by Gasteiger charge is -2.09. The number of nitrogens with zero attached hydrogens (tertiary/aromatic N) is 3. The van der Waals surface area contributed by atoms with E-state index in [-0.39, 0.29) is 18.3 Å². The first-order valence-electron chi connectivity index (χ1n) is 8.58. The van der Waals surface area contributed by atoms with Gasteiger partial charge in [-0.15, -0.1) is 10.2 Å². The van der Waals surface area contributed by atoms with Crippen LogP contribution in [0.3, 0.4) is 0 Å². The van der Waals surface area contributed by atoms with Crippen molar-refractivity contribution < 1.29 is 14.3 Å². The van der Waals surface area contributed by atoms with E-state index in [1.807, 2.05) is 11.5 Å². The van der Waals surface area contributed by atoms with Gasteiger partial charge in [-0.2, -0.15) is 0 Å². The fourth-order valence-electron chi connectivity index (χ4n) is 2.37. The molecule has 8 nitrogen and oxygen atoms in total. The predicted octanol–water partition coefficient (Wildman–Crippen LogP) is 2.15. The second-order valence-electron chi connectivity index (χ2n) is 5.99. The minimum Gasteiger partial charge on any atom is -0.484 e. The Kier molecular flexibility index (Phi) is 6.57. The molecule has 1 aliphatic carbocycles. The minimum absolute atomic E-state index is 0.126. The van der Waals surface area contributed by atoms with Gasteiger partial charge in [-0.25, -0.2) is 0 Å². The van der Waals surface area contributed by atoms with Gasteiger partial charge in [-0.1, -0.05) is 23.4 Å². The summed E-state index contributed by atoms with van der Waals surface area (Å²) in [6, 6.07) is 6.64. The molecule has 0 saturated heterocycles. The van der Waals surface area contributed by atoms with Crippen LogP contribution in [0.4, 0.5) is 0 Å². The topological polar surface area (TPSA) is 98.1 Å². The highest BCUT2D eigenvalue weighted by Gasteiger charge is 2.30. The number of hydrogen-bond acceptors (Lipinski definition) is 6. The normalized spacial score (nSPS) is 13.3. The van der Waals surface area contributed by atoms with Crippen LogP contribution in [0.25, 0.3) is 0 Å². The quantitative estimate of drug-likeness (QED) is 0.512. The van der Waals surface area contributed by atoms with Gasteiger partial charge in [-0.3, -0.25) is 20.4 Å². The van der Waals surface area contributed by atoms with Crippen molar-refractivity contribution in [3.63, 3.8) is 0 Å². The van der Waals surface area contributed by atoms with E-state index in [4.69, 9.17) is 16.3 Å². The van der Waals surface area contributed by atoms with Crippen molar-refractivity contribution in [3.05, 3.63) is 35.1 Å². The van der Waals surface area contributed by atoms with Gasteiger partial charge < -0.3 is 9.30 Å². The van der Waals surface area contributed by atoms with Gasteiger partial charge >= 0.3 is 0 Å². The number of carbonyl (C=O) groups is 2. The van der Waals surface area contributed by atoms with E-state index >= 15 is 0 Å². The van der Waals surface area contributed by atoms with Crippen LogP contribution in [0.1, 0.15) is 31.5 Å². The van der Waals surface area contributed by atoms with Gasteiger partial charge in [0.1, 0.15) is 11.6 Å². The molecule has 0 unspecified atom stereocenters. The van der Waals surface area contributed by atoms with Crippen LogP contribution >= 0.6 is 23.4 Å². The monoisotopic (exact) mass is 409 g/mol. The van der Waals surface area contributed by atoms with E-state index in [0.29, 0.717) is 21.8 Å². The van der Waals surface area contributed by atoms with Crippen molar-refractivity contribution in [3.8, 4) is 5.75 Å². The molecule has 10 heteroatoms. The van der Waals surface area contributed by atoms with Gasteiger partial charge in [-0.05, 0) is 44.0 Å². The van der Waals surface area contributed by atoms with Gasteiger partial charge in [0, 0.05) is 17.5 Å². The number of ether oxygens (including phenoxy) is 1. The molecule has 0 radical (unpaired) electrons. The average Bonchev–Trinajstić information content (AvgIpc) is 3.43. The van der Waals surface area contributed by atoms with Gasteiger partial charge in [0.25, 0.3) is 5.91 Å². The first-order valence-corrected chi connectivity index (χ1v) is 9.95. The summed E-state index contributed by atoms with van der Waals surface area (Å²) in [7, 11) is 0. The number of aromatic nitrogens is 3. The SMILES string of the molecule is CCn1c(SCC(=O)NNC(=O)COc2ccc(Cl)cc2)nnc1C1CC1. The Labute approximate surface area is 166 Å². The summed E-state index contributed by atoms with van der Waals surface area (Å²) in [4.78, 5) is 23.7. The lowest BCUT2D eigenvalue weighted by molar-refractivity contribution is -0.128. The molecule has 144 valence electrons. The second kappa shape index (κ2) is 9.09. The van der Waals surface area contributed by atoms with E-state index in [1.165, 1.54) is 11.8 Å². The molecule has 3 rings (SSSR count). The number of hydrazine groups is 1.